The van der Waals surface area contributed by atoms with Gasteiger partial charge in [0.05, 0.1) is 24.4 Å². The number of aliphatic carboxylic acids is 1. The van der Waals surface area contributed by atoms with Gasteiger partial charge in [0, 0.05) is 13.0 Å². The summed E-state index contributed by atoms with van der Waals surface area (Å²) >= 11 is 0. The summed E-state index contributed by atoms with van der Waals surface area (Å²) in [5.74, 6) is -1.65. The first-order chi connectivity index (χ1) is 12.0. The van der Waals surface area contributed by atoms with Crippen molar-refractivity contribution in [2.24, 2.45) is 11.8 Å². The number of carboxylic acid groups (broad SMARTS) is 1. The Labute approximate surface area is 155 Å². The number of nitrogens with one attached hydrogen (secondary N) is 1. The lowest BCUT2D eigenvalue weighted by molar-refractivity contribution is -0.138. The number of fused-ring (bicyclic) bond motifs is 1. The molecule has 0 fully saturated rings. The summed E-state index contributed by atoms with van der Waals surface area (Å²) in [5.41, 5.74) is 1.13. The number of rotatable bonds is 5. The van der Waals surface area contributed by atoms with E-state index in [1.807, 2.05) is 6.08 Å². The molecule has 0 bridgehead atoms. The number of alkyl carbamates (subject to hydrolysis) is 1. The van der Waals surface area contributed by atoms with Crippen molar-refractivity contribution in [1.29, 1.82) is 0 Å². The zero-order valence-corrected chi connectivity index (χ0v) is 17.3. The van der Waals surface area contributed by atoms with Crippen LogP contribution in [0.15, 0.2) is 23.5 Å². The zero-order chi connectivity index (χ0) is 19.7. The summed E-state index contributed by atoms with van der Waals surface area (Å²) < 4.78 is 17.1. The van der Waals surface area contributed by atoms with Gasteiger partial charge in [0.25, 0.3) is 6.29 Å². The van der Waals surface area contributed by atoms with Crippen molar-refractivity contribution < 1.29 is 28.6 Å². The van der Waals surface area contributed by atoms with Crippen LogP contribution in [0.25, 0.3) is 0 Å². The van der Waals surface area contributed by atoms with E-state index in [1.54, 1.807) is 0 Å². The third-order valence-electron chi connectivity index (χ3n) is 5.60. The minimum absolute atomic E-state index is 0.0682. The Hall–Kier alpha value is -1.80. The molecule has 2 rings (SSSR count). The van der Waals surface area contributed by atoms with Crippen LogP contribution in [0.4, 0.5) is 4.79 Å². The first-order valence-electron chi connectivity index (χ1n) is 8.78. The Morgan fingerprint density at radius 3 is 2.58 bits per heavy atom. The van der Waals surface area contributed by atoms with E-state index in [0.717, 1.165) is 5.57 Å². The van der Waals surface area contributed by atoms with Crippen LogP contribution in [0.5, 0.6) is 0 Å². The Morgan fingerprint density at radius 1 is 1.38 bits per heavy atom. The number of ether oxygens (including phenoxy) is 2. The lowest BCUT2D eigenvalue weighted by Gasteiger charge is -2.38. The molecule has 3 atom stereocenters. The summed E-state index contributed by atoms with van der Waals surface area (Å²) in [6.45, 7) is 11.2. The molecular weight excluding hydrogens is 354 g/mol. The lowest BCUT2D eigenvalue weighted by Crippen LogP contribution is -2.43. The molecule has 26 heavy (non-hydrogen) atoms. The highest BCUT2D eigenvalue weighted by atomic mass is 28.4. The second-order valence-electron chi connectivity index (χ2n) is 8.23. The van der Waals surface area contributed by atoms with Gasteiger partial charge in [0.1, 0.15) is 0 Å². The molecule has 1 heterocycles. The van der Waals surface area contributed by atoms with Crippen molar-refractivity contribution in [3.63, 3.8) is 0 Å². The maximum absolute atomic E-state index is 11.6. The molecule has 8 heteroatoms. The topological polar surface area (TPSA) is 94.1 Å². The van der Waals surface area contributed by atoms with Gasteiger partial charge in [-0.2, -0.15) is 0 Å². The second kappa shape index (κ2) is 7.44. The minimum atomic E-state index is -1.96. The van der Waals surface area contributed by atoms with Crippen molar-refractivity contribution in [2.45, 2.75) is 51.6 Å². The maximum atomic E-state index is 11.6. The van der Waals surface area contributed by atoms with E-state index in [0.29, 0.717) is 13.0 Å². The maximum Gasteiger partial charge on any atom is 0.409 e. The molecule has 2 N–H and O–H groups in total. The summed E-state index contributed by atoms with van der Waals surface area (Å²) in [4.78, 5) is 23.2. The largest absolute Gasteiger partial charge is 0.478 e. The molecule has 1 amide bonds. The smallest absolute Gasteiger partial charge is 0.409 e. The fourth-order valence-electron chi connectivity index (χ4n) is 2.93. The van der Waals surface area contributed by atoms with Crippen LogP contribution in [-0.2, 0) is 18.7 Å². The number of carboxylic acids is 1. The monoisotopic (exact) mass is 383 g/mol. The van der Waals surface area contributed by atoms with Crippen LogP contribution in [0.3, 0.4) is 0 Å². The van der Waals surface area contributed by atoms with Crippen LogP contribution in [0, 0.1) is 11.8 Å². The normalized spacial score (nSPS) is 25.5. The minimum Gasteiger partial charge on any atom is -0.478 e. The molecule has 0 aromatic heterocycles. The number of amides is 1. The number of hydrogen-bond acceptors (Lipinski definition) is 5. The van der Waals surface area contributed by atoms with E-state index in [4.69, 9.17) is 13.9 Å². The van der Waals surface area contributed by atoms with Gasteiger partial charge < -0.3 is 24.3 Å². The molecule has 0 saturated carbocycles. The molecular formula is C18H29NO6Si. The Morgan fingerprint density at radius 2 is 2.04 bits per heavy atom. The quantitative estimate of drug-likeness (QED) is 0.559. The number of carbonyl (C=O) groups excluding carboxylic acids is 1. The highest BCUT2D eigenvalue weighted by molar-refractivity contribution is 6.74. The summed E-state index contributed by atoms with van der Waals surface area (Å²) in [5, 5.41) is 11.9. The van der Waals surface area contributed by atoms with Gasteiger partial charge in [-0.3, -0.25) is 0 Å². The number of carbonyl (C=O) groups is 2. The average Bonchev–Trinajstić information content (AvgIpc) is 2.96. The summed E-state index contributed by atoms with van der Waals surface area (Å²) in [6.07, 6.45) is 2.28. The van der Waals surface area contributed by atoms with Gasteiger partial charge in [0.15, 0.2) is 8.32 Å². The highest BCUT2D eigenvalue weighted by Gasteiger charge is 2.46. The standard InChI is InChI=1S/C18H29NO6Si/c1-18(2,3)26(5,6)24-9-11-7-8-12-13(15(20)21)10-23-16(14(11)12)25-17(22)19-4/h7,10,12,14,16H,8-9H2,1-6H3,(H,19,22)(H,20,21)/t12-,14+,16+/m1/s1. The Bertz CT molecular complexity index is 634. The molecule has 0 unspecified atom stereocenters. The third-order valence-corrected chi connectivity index (χ3v) is 10.1. The van der Waals surface area contributed by atoms with E-state index in [2.05, 4.69) is 39.2 Å². The predicted octanol–water partition coefficient (Wildman–Crippen LogP) is 3.25. The zero-order valence-electron chi connectivity index (χ0n) is 16.3. The summed E-state index contributed by atoms with van der Waals surface area (Å²) in [6, 6.07) is 0. The predicted molar refractivity (Wildman–Crippen MR) is 99.0 cm³/mol. The Kier molecular flexibility index (Phi) is 5.87. The van der Waals surface area contributed by atoms with Gasteiger partial charge in [-0.15, -0.1) is 0 Å². The third kappa shape index (κ3) is 4.12. The molecule has 1 aliphatic heterocycles. The first kappa shape index (κ1) is 20.5. The number of allylic oxidation sites excluding steroid dienone is 1. The van der Waals surface area contributed by atoms with Crippen LogP contribution in [0.1, 0.15) is 27.2 Å². The van der Waals surface area contributed by atoms with Crippen molar-refractivity contribution in [3.8, 4) is 0 Å². The van der Waals surface area contributed by atoms with Gasteiger partial charge in [-0.1, -0.05) is 26.8 Å². The van der Waals surface area contributed by atoms with Crippen molar-refractivity contribution in [2.75, 3.05) is 13.7 Å². The van der Waals surface area contributed by atoms with E-state index in [-0.39, 0.29) is 22.4 Å². The Balaban J connectivity index is 2.20. The molecule has 0 aromatic rings. The molecule has 0 radical (unpaired) electrons. The van der Waals surface area contributed by atoms with Gasteiger partial charge in [-0.05, 0) is 30.1 Å². The molecule has 2 aliphatic rings. The molecule has 7 nitrogen and oxygen atoms in total. The second-order valence-corrected chi connectivity index (χ2v) is 13.0. The summed E-state index contributed by atoms with van der Waals surface area (Å²) in [7, 11) is -0.496. The van der Waals surface area contributed by atoms with E-state index < -0.39 is 26.7 Å². The van der Waals surface area contributed by atoms with E-state index >= 15 is 0 Å². The fourth-order valence-corrected chi connectivity index (χ4v) is 3.89. The first-order valence-corrected chi connectivity index (χ1v) is 11.7. The van der Waals surface area contributed by atoms with Crippen LogP contribution < -0.4 is 5.32 Å². The van der Waals surface area contributed by atoms with Crippen LogP contribution in [-0.4, -0.2) is 45.4 Å². The highest BCUT2D eigenvalue weighted by Crippen LogP contribution is 2.44. The molecule has 0 spiro atoms. The molecule has 1 aliphatic carbocycles. The van der Waals surface area contributed by atoms with Crippen LogP contribution >= 0.6 is 0 Å². The van der Waals surface area contributed by atoms with E-state index in [1.165, 1.54) is 13.3 Å². The van der Waals surface area contributed by atoms with E-state index in [9.17, 15) is 14.7 Å². The van der Waals surface area contributed by atoms with Gasteiger partial charge >= 0.3 is 12.1 Å². The fraction of sp³-hybridized carbons (Fsp3) is 0.667. The van der Waals surface area contributed by atoms with Crippen molar-refractivity contribution in [3.05, 3.63) is 23.5 Å². The number of hydrogen-bond donors (Lipinski definition) is 2. The van der Waals surface area contributed by atoms with Crippen molar-refractivity contribution >= 4 is 20.4 Å². The van der Waals surface area contributed by atoms with Gasteiger partial charge in [0.2, 0.25) is 0 Å². The molecule has 0 saturated heterocycles. The van der Waals surface area contributed by atoms with Crippen LogP contribution in [0.2, 0.25) is 18.1 Å². The average molecular weight is 384 g/mol. The molecule has 0 aromatic carbocycles. The van der Waals surface area contributed by atoms with Crippen molar-refractivity contribution in [1.82, 2.24) is 5.32 Å². The SMILES string of the molecule is CNC(=O)O[C@@H]1OC=C(C(=O)O)[C@H]2CC=C(CO[Si](C)(C)C(C)(C)C)[C@H]12. The lowest BCUT2D eigenvalue weighted by atomic mass is 9.83. The molecule has 146 valence electrons. The van der Waals surface area contributed by atoms with Gasteiger partial charge in [-0.25, -0.2) is 9.59 Å².